The molecule has 3 rings (SSSR count). The zero-order chi connectivity index (χ0) is 15.0. The van der Waals surface area contributed by atoms with Crippen LogP contribution in [0.4, 0.5) is 0 Å². The zero-order valence-electron chi connectivity index (χ0n) is 11.6. The smallest absolute Gasteiger partial charge is 0.252 e. The first-order chi connectivity index (χ1) is 10.1. The van der Waals surface area contributed by atoms with Gasteiger partial charge < -0.3 is 5.32 Å². The summed E-state index contributed by atoms with van der Waals surface area (Å²) < 4.78 is 0. The summed E-state index contributed by atoms with van der Waals surface area (Å²) in [5.74, 6) is -0.137. The largest absolute Gasteiger partial charge is 0.344 e. The van der Waals surface area contributed by atoms with Gasteiger partial charge in [-0.05, 0) is 42.2 Å². The summed E-state index contributed by atoms with van der Waals surface area (Å²) in [6.45, 7) is 1.89. The van der Waals surface area contributed by atoms with E-state index in [1.165, 1.54) is 5.56 Å². The molecule has 0 saturated carbocycles. The molecule has 2 aromatic carbocycles. The summed E-state index contributed by atoms with van der Waals surface area (Å²) in [5, 5.41) is 3.48. The number of hydrogen-bond acceptors (Lipinski definition) is 1. The van der Waals surface area contributed by atoms with Crippen LogP contribution in [-0.4, -0.2) is 11.3 Å². The Morgan fingerprint density at radius 3 is 2.81 bits per heavy atom. The van der Waals surface area contributed by atoms with Crippen molar-refractivity contribution in [3.63, 3.8) is 0 Å². The van der Waals surface area contributed by atoms with Gasteiger partial charge in [0.1, 0.15) is 0 Å². The summed E-state index contributed by atoms with van der Waals surface area (Å²) in [4.78, 5) is 12.5. The van der Waals surface area contributed by atoms with Crippen LogP contribution in [0, 0.1) is 6.92 Å². The molecule has 0 aromatic heterocycles. The molecule has 2 unspecified atom stereocenters. The van der Waals surface area contributed by atoms with Crippen LogP contribution >= 0.6 is 23.2 Å². The lowest BCUT2D eigenvalue weighted by Gasteiger charge is -2.18. The number of amides is 1. The van der Waals surface area contributed by atoms with Crippen molar-refractivity contribution in [2.24, 2.45) is 0 Å². The van der Waals surface area contributed by atoms with Crippen LogP contribution < -0.4 is 5.32 Å². The van der Waals surface area contributed by atoms with Crippen molar-refractivity contribution in [1.29, 1.82) is 0 Å². The van der Waals surface area contributed by atoms with Crippen molar-refractivity contribution in [1.82, 2.24) is 5.32 Å². The first kappa shape index (κ1) is 14.4. The average molecular weight is 320 g/mol. The van der Waals surface area contributed by atoms with Crippen molar-refractivity contribution in [3.8, 4) is 0 Å². The number of aryl methyl sites for hydroxylation is 1. The molecule has 1 aliphatic carbocycles. The standard InChI is InChI=1S/C17H15Cl2NO/c1-10-6-7-12(18)9-14(10)17(21)20-16-13-5-3-2-4-11(13)8-15(16)19/h2-7,9,15-16H,8H2,1H3,(H,20,21). The SMILES string of the molecule is Cc1ccc(Cl)cc1C(=O)NC1c2ccccc2CC1Cl. The van der Waals surface area contributed by atoms with E-state index in [9.17, 15) is 4.79 Å². The maximum atomic E-state index is 12.5. The molecule has 0 fully saturated rings. The van der Waals surface area contributed by atoms with E-state index in [0.29, 0.717) is 10.6 Å². The fraction of sp³-hybridized carbons (Fsp3) is 0.235. The second kappa shape index (κ2) is 5.70. The molecular weight excluding hydrogens is 305 g/mol. The lowest BCUT2D eigenvalue weighted by Crippen LogP contribution is -2.32. The van der Waals surface area contributed by atoms with Gasteiger partial charge in [0.05, 0.1) is 11.4 Å². The highest BCUT2D eigenvalue weighted by atomic mass is 35.5. The molecule has 0 heterocycles. The van der Waals surface area contributed by atoms with Crippen molar-refractivity contribution < 1.29 is 4.79 Å². The van der Waals surface area contributed by atoms with Gasteiger partial charge in [-0.2, -0.15) is 0 Å². The van der Waals surface area contributed by atoms with E-state index in [1.807, 2.05) is 31.2 Å². The van der Waals surface area contributed by atoms with E-state index in [0.717, 1.165) is 17.5 Å². The molecule has 1 amide bonds. The number of carbonyl (C=O) groups is 1. The fourth-order valence-electron chi connectivity index (χ4n) is 2.77. The van der Waals surface area contributed by atoms with E-state index in [1.54, 1.807) is 12.1 Å². The summed E-state index contributed by atoms with van der Waals surface area (Å²) in [5.41, 5.74) is 3.79. The third kappa shape index (κ3) is 2.78. The van der Waals surface area contributed by atoms with Crippen molar-refractivity contribution in [2.45, 2.75) is 24.8 Å². The number of alkyl halides is 1. The van der Waals surface area contributed by atoms with E-state index >= 15 is 0 Å². The molecule has 4 heteroatoms. The molecule has 0 aliphatic heterocycles. The van der Waals surface area contributed by atoms with Crippen molar-refractivity contribution in [3.05, 3.63) is 69.7 Å². The number of rotatable bonds is 2. The van der Waals surface area contributed by atoms with Gasteiger partial charge in [0, 0.05) is 10.6 Å². The molecule has 2 atom stereocenters. The number of halogens is 2. The number of nitrogens with one attached hydrogen (secondary N) is 1. The minimum Gasteiger partial charge on any atom is -0.344 e. The molecular formula is C17H15Cl2NO. The third-order valence-corrected chi connectivity index (χ3v) is 4.54. The molecule has 21 heavy (non-hydrogen) atoms. The Labute approximate surface area is 134 Å². The van der Waals surface area contributed by atoms with Gasteiger partial charge in [0.15, 0.2) is 0 Å². The van der Waals surface area contributed by atoms with Crippen LogP contribution in [0.2, 0.25) is 5.02 Å². The van der Waals surface area contributed by atoms with Crippen LogP contribution in [0.25, 0.3) is 0 Å². The van der Waals surface area contributed by atoms with Crippen LogP contribution in [0.15, 0.2) is 42.5 Å². The molecule has 108 valence electrons. The molecule has 1 aliphatic rings. The number of fused-ring (bicyclic) bond motifs is 1. The van der Waals surface area contributed by atoms with Gasteiger partial charge in [0.25, 0.3) is 5.91 Å². The number of hydrogen-bond donors (Lipinski definition) is 1. The van der Waals surface area contributed by atoms with Gasteiger partial charge >= 0.3 is 0 Å². The Morgan fingerprint density at radius 1 is 1.24 bits per heavy atom. The molecule has 0 spiro atoms. The van der Waals surface area contributed by atoms with Crippen molar-refractivity contribution in [2.75, 3.05) is 0 Å². The fourth-order valence-corrected chi connectivity index (χ4v) is 3.31. The van der Waals surface area contributed by atoms with Gasteiger partial charge in [-0.15, -0.1) is 11.6 Å². The second-order valence-corrected chi connectivity index (χ2v) is 6.33. The van der Waals surface area contributed by atoms with E-state index in [4.69, 9.17) is 23.2 Å². The van der Waals surface area contributed by atoms with Gasteiger partial charge in [0.2, 0.25) is 0 Å². The van der Waals surface area contributed by atoms with E-state index in [2.05, 4.69) is 11.4 Å². The van der Waals surface area contributed by atoms with Crippen LogP contribution in [0.1, 0.15) is 33.1 Å². The second-order valence-electron chi connectivity index (χ2n) is 5.33. The zero-order valence-corrected chi connectivity index (χ0v) is 13.1. The Balaban J connectivity index is 1.87. The molecule has 0 saturated heterocycles. The molecule has 0 bridgehead atoms. The first-order valence-electron chi connectivity index (χ1n) is 6.85. The predicted octanol–water partition coefficient (Wildman–Crippen LogP) is 4.28. The van der Waals surface area contributed by atoms with Crippen LogP contribution in [0.3, 0.4) is 0 Å². The van der Waals surface area contributed by atoms with Crippen molar-refractivity contribution >= 4 is 29.1 Å². The molecule has 2 aromatic rings. The lowest BCUT2D eigenvalue weighted by atomic mass is 10.1. The van der Waals surface area contributed by atoms with Gasteiger partial charge in [-0.3, -0.25) is 4.79 Å². The Bertz CT molecular complexity index is 699. The Hall–Kier alpha value is -1.51. The molecule has 2 nitrogen and oxygen atoms in total. The Kier molecular flexibility index (Phi) is 3.92. The van der Waals surface area contributed by atoms with E-state index < -0.39 is 0 Å². The quantitative estimate of drug-likeness (QED) is 0.822. The normalized spacial score (nSPS) is 20.1. The number of carbonyl (C=O) groups excluding carboxylic acids is 1. The highest BCUT2D eigenvalue weighted by Gasteiger charge is 2.32. The number of benzene rings is 2. The lowest BCUT2D eigenvalue weighted by molar-refractivity contribution is 0.0936. The first-order valence-corrected chi connectivity index (χ1v) is 7.66. The van der Waals surface area contributed by atoms with E-state index in [-0.39, 0.29) is 17.3 Å². The van der Waals surface area contributed by atoms with Gasteiger partial charge in [-0.25, -0.2) is 0 Å². The summed E-state index contributed by atoms with van der Waals surface area (Å²) in [6, 6.07) is 13.2. The maximum absolute atomic E-state index is 12.5. The van der Waals surface area contributed by atoms with Crippen LogP contribution in [0.5, 0.6) is 0 Å². The average Bonchev–Trinajstić information content (AvgIpc) is 2.78. The highest BCUT2D eigenvalue weighted by molar-refractivity contribution is 6.31. The monoisotopic (exact) mass is 319 g/mol. The Morgan fingerprint density at radius 2 is 2.00 bits per heavy atom. The minimum absolute atomic E-state index is 0.120. The summed E-state index contributed by atoms with van der Waals surface area (Å²) >= 11 is 12.4. The molecule has 0 radical (unpaired) electrons. The minimum atomic E-state index is -0.159. The topological polar surface area (TPSA) is 29.1 Å². The summed E-state index contributed by atoms with van der Waals surface area (Å²) in [7, 11) is 0. The molecule has 1 N–H and O–H groups in total. The highest BCUT2D eigenvalue weighted by Crippen LogP contribution is 2.35. The predicted molar refractivity (Wildman–Crippen MR) is 86.2 cm³/mol. The third-order valence-electron chi connectivity index (χ3n) is 3.90. The van der Waals surface area contributed by atoms with Crippen LogP contribution in [-0.2, 0) is 6.42 Å². The maximum Gasteiger partial charge on any atom is 0.252 e. The van der Waals surface area contributed by atoms with Gasteiger partial charge in [-0.1, -0.05) is 41.9 Å². The summed E-state index contributed by atoms with van der Waals surface area (Å²) in [6.07, 6.45) is 0.775.